The first-order chi connectivity index (χ1) is 10.1. The molecule has 1 aliphatic rings. The molecule has 0 saturated carbocycles. The minimum atomic E-state index is 0.329. The lowest BCUT2D eigenvalue weighted by Gasteiger charge is -2.37. The van der Waals surface area contributed by atoms with E-state index in [-0.39, 0.29) is 0 Å². The number of thiazole rings is 1. The Hall–Kier alpha value is -1.20. The number of fused-ring (bicyclic) bond motifs is 1. The van der Waals surface area contributed by atoms with Crippen LogP contribution in [-0.2, 0) is 0 Å². The third-order valence-electron chi connectivity index (χ3n) is 3.77. The topological polar surface area (TPSA) is 28.2 Å². The van der Waals surface area contributed by atoms with Crippen molar-refractivity contribution in [2.24, 2.45) is 0 Å². The molecule has 3 nitrogen and oxygen atoms in total. The second-order valence-corrected chi connectivity index (χ2v) is 7.28. The molecule has 1 saturated heterocycles. The zero-order valence-electron chi connectivity index (χ0n) is 12.5. The van der Waals surface area contributed by atoms with Crippen LogP contribution in [0.3, 0.4) is 0 Å². The van der Waals surface area contributed by atoms with E-state index in [9.17, 15) is 0 Å². The van der Waals surface area contributed by atoms with Gasteiger partial charge in [-0.05, 0) is 57.5 Å². The molecule has 1 aliphatic heterocycles. The Morgan fingerprint density at radius 1 is 1.38 bits per heavy atom. The van der Waals surface area contributed by atoms with Gasteiger partial charge in [0.1, 0.15) is 5.01 Å². The van der Waals surface area contributed by atoms with Crippen LogP contribution in [0.2, 0.25) is 0 Å². The van der Waals surface area contributed by atoms with Crippen molar-refractivity contribution in [2.45, 2.75) is 45.2 Å². The number of hydrogen-bond donors (Lipinski definition) is 1. The molecule has 2 aromatic rings. The molecule has 0 radical (unpaired) electrons. The van der Waals surface area contributed by atoms with E-state index in [0.29, 0.717) is 12.1 Å². The molecule has 0 bridgehead atoms. The maximum Gasteiger partial charge on any atom is 0.169 e. The minimum absolute atomic E-state index is 0.329. The number of para-hydroxylation sites is 1. The molecule has 2 heterocycles. The SMILES string of the molecule is CC(C)NC(=S)N1CCCC[C@H]1c1nc2ccccc2s1. The molecule has 0 spiro atoms. The predicted octanol–water partition coefficient (Wildman–Crippen LogP) is 4.11. The number of likely N-dealkylation sites (tertiary alicyclic amines) is 1. The summed E-state index contributed by atoms with van der Waals surface area (Å²) in [7, 11) is 0. The van der Waals surface area contributed by atoms with Gasteiger partial charge in [0.25, 0.3) is 0 Å². The van der Waals surface area contributed by atoms with Gasteiger partial charge in [0.15, 0.2) is 5.11 Å². The number of rotatable bonds is 2. The normalized spacial score (nSPS) is 19.2. The third-order valence-corrected chi connectivity index (χ3v) is 5.26. The van der Waals surface area contributed by atoms with Crippen LogP contribution in [0.4, 0.5) is 0 Å². The zero-order valence-corrected chi connectivity index (χ0v) is 14.1. The second-order valence-electron chi connectivity index (χ2n) is 5.83. The Morgan fingerprint density at radius 3 is 2.95 bits per heavy atom. The summed E-state index contributed by atoms with van der Waals surface area (Å²) in [5.41, 5.74) is 1.10. The summed E-state index contributed by atoms with van der Waals surface area (Å²) in [4.78, 5) is 7.17. The van der Waals surface area contributed by atoms with E-state index in [2.05, 4.69) is 48.3 Å². The van der Waals surface area contributed by atoms with Crippen molar-refractivity contribution >= 4 is 38.9 Å². The van der Waals surface area contributed by atoms with Gasteiger partial charge in [-0.3, -0.25) is 0 Å². The number of aromatic nitrogens is 1. The first kappa shape index (κ1) is 14.7. The first-order valence-corrected chi connectivity index (χ1v) is 8.80. The van der Waals surface area contributed by atoms with Gasteiger partial charge in [-0.25, -0.2) is 4.98 Å². The average molecular weight is 319 g/mol. The van der Waals surface area contributed by atoms with Gasteiger partial charge in [-0.2, -0.15) is 0 Å². The Morgan fingerprint density at radius 2 is 2.19 bits per heavy atom. The molecule has 0 unspecified atom stereocenters. The standard InChI is InChI=1S/C16H21N3S2/c1-11(2)17-16(20)19-10-6-5-8-13(19)15-18-12-7-3-4-9-14(12)21-15/h3-4,7,9,11,13H,5-6,8,10H2,1-2H3,(H,17,20)/t13-/m0/s1. The zero-order chi connectivity index (χ0) is 14.8. The Kier molecular flexibility index (Phi) is 4.40. The van der Waals surface area contributed by atoms with Gasteiger partial charge in [0.05, 0.1) is 16.3 Å². The maximum atomic E-state index is 5.60. The van der Waals surface area contributed by atoms with Gasteiger partial charge in [-0.1, -0.05) is 12.1 Å². The fourth-order valence-corrected chi connectivity index (χ4v) is 4.36. The van der Waals surface area contributed by atoms with E-state index in [1.807, 2.05) is 0 Å². The molecule has 21 heavy (non-hydrogen) atoms. The van der Waals surface area contributed by atoms with Gasteiger partial charge < -0.3 is 10.2 Å². The van der Waals surface area contributed by atoms with Crippen molar-refractivity contribution in [3.05, 3.63) is 29.3 Å². The molecule has 1 fully saturated rings. The number of benzene rings is 1. The van der Waals surface area contributed by atoms with E-state index in [1.165, 1.54) is 22.5 Å². The summed E-state index contributed by atoms with van der Waals surface area (Å²) < 4.78 is 1.26. The quantitative estimate of drug-likeness (QED) is 0.843. The molecule has 5 heteroatoms. The second kappa shape index (κ2) is 6.28. The number of nitrogens with zero attached hydrogens (tertiary/aromatic N) is 2. The number of hydrogen-bond acceptors (Lipinski definition) is 3. The van der Waals surface area contributed by atoms with Crippen molar-refractivity contribution < 1.29 is 0 Å². The average Bonchev–Trinajstić information content (AvgIpc) is 2.90. The molecule has 3 rings (SSSR count). The number of thiocarbonyl (C=S) groups is 1. The lowest BCUT2D eigenvalue weighted by atomic mass is 10.0. The van der Waals surface area contributed by atoms with Crippen molar-refractivity contribution in [2.75, 3.05) is 6.54 Å². The van der Waals surface area contributed by atoms with Crippen LogP contribution in [0, 0.1) is 0 Å². The lowest BCUT2D eigenvalue weighted by molar-refractivity contribution is 0.240. The summed E-state index contributed by atoms with van der Waals surface area (Å²) in [6, 6.07) is 9.07. The molecule has 0 aliphatic carbocycles. The van der Waals surface area contributed by atoms with Crippen LogP contribution < -0.4 is 5.32 Å². The van der Waals surface area contributed by atoms with Gasteiger partial charge in [0.2, 0.25) is 0 Å². The molecule has 0 amide bonds. The van der Waals surface area contributed by atoms with Crippen LogP contribution in [0.15, 0.2) is 24.3 Å². The smallest absolute Gasteiger partial charge is 0.169 e. The van der Waals surface area contributed by atoms with Gasteiger partial charge >= 0.3 is 0 Å². The van der Waals surface area contributed by atoms with Crippen LogP contribution in [0.5, 0.6) is 0 Å². The Labute approximate surface area is 135 Å². The number of piperidine rings is 1. The van der Waals surface area contributed by atoms with Crippen LogP contribution in [0.25, 0.3) is 10.2 Å². The molecule has 112 valence electrons. The summed E-state index contributed by atoms with van der Waals surface area (Å²) in [6.07, 6.45) is 3.60. The highest BCUT2D eigenvalue weighted by Crippen LogP contribution is 2.35. The molecule has 1 aromatic heterocycles. The van der Waals surface area contributed by atoms with Crippen molar-refractivity contribution in [1.29, 1.82) is 0 Å². The van der Waals surface area contributed by atoms with Crippen LogP contribution in [-0.4, -0.2) is 27.6 Å². The molecule has 1 atom stereocenters. The largest absolute Gasteiger partial charge is 0.360 e. The van der Waals surface area contributed by atoms with Gasteiger partial charge in [-0.15, -0.1) is 11.3 Å². The van der Waals surface area contributed by atoms with Crippen LogP contribution in [0.1, 0.15) is 44.2 Å². The fraction of sp³-hybridized carbons (Fsp3) is 0.500. The first-order valence-electron chi connectivity index (χ1n) is 7.58. The highest BCUT2D eigenvalue weighted by atomic mass is 32.1. The fourth-order valence-electron chi connectivity index (χ4n) is 2.79. The predicted molar refractivity (Wildman–Crippen MR) is 93.8 cm³/mol. The van der Waals surface area contributed by atoms with Crippen molar-refractivity contribution in [1.82, 2.24) is 15.2 Å². The van der Waals surface area contributed by atoms with E-state index >= 15 is 0 Å². The van der Waals surface area contributed by atoms with Crippen LogP contribution >= 0.6 is 23.6 Å². The minimum Gasteiger partial charge on any atom is -0.360 e. The van der Waals surface area contributed by atoms with Gasteiger partial charge in [0, 0.05) is 12.6 Å². The summed E-state index contributed by atoms with van der Waals surface area (Å²) in [5.74, 6) is 0. The highest BCUT2D eigenvalue weighted by molar-refractivity contribution is 7.80. The maximum absolute atomic E-state index is 5.60. The summed E-state index contributed by atoms with van der Waals surface area (Å²) in [6.45, 7) is 5.28. The molecular weight excluding hydrogens is 298 g/mol. The third kappa shape index (κ3) is 3.19. The molecular formula is C16H21N3S2. The number of nitrogens with one attached hydrogen (secondary N) is 1. The molecule has 1 aromatic carbocycles. The Bertz CT molecular complexity index is 602. The monoisotopic (exact) mass is 319 g/mol. The Balaban J connectivity index is 1.88. The van der Waals surface area contributed by atoms with E-state index in [4.69, 9.17) is 17.2 Å². The van der Waals surface area contributed by atoms with Crippen molar-refractivity contribution in [3.8, 4) is 0 Å². The molecule has 1 N–H and O–H groups in total. The van der Waals surface area contributed by atoms with E-state index in [1.54, 1.807) is 11.3 Å². The van der Waals surface area contributed by atoms with E-state index in [0.717, 1.165) is 23.6 Å². The summed E-state index contributed by atoms with van der Waals surface area (Å²) >= 11 is 7.40. The lowest BCUT2D eigenvalue weighted by Crippen LogP contribution is -2.46. The summed E-state index contributed by atoms with van der Waals surface area (Å²) in [5, 5.41) is 5.45. The van der Waals surface area contributed by atoms with E-state index < -0.39 is 0 Å². The highest BCUT2D eigenvalue weighted by Gasteiger charge is 2.28. The van der Waals surface area contributed by atoms with Crippen molar-refractivity contribution in [3.63, 3.8) is 0 Å².